The van der Waals surface area contributed by atoms with Crippen molar-refractivity contribution in [3.63, 3.8) is 0 Å². The number of carboxylic acid groups (broad SMARTS) is 1. The van der Waals surface area contributed by atoms with E-state index >= 15 is 4.79 Å². The second-order valence-corrected chi connectivity index (χ2v) is 27.0. The molecule has 1 aliphatic rings. The van der Waals surface area contributed by atoms with E-state index in [1.807, 2.05) is 0 Å². The molecule has 0 aromatic heterocycles. The molecular weight excluding hydrogens is 702 g/mol. The Labute approximate surface area is 332 Å². The van der Waals surface area contributed by atoms with Crippen LogP contribution in [0.25, 0.3) is 0 Å². The molecular formula is C48H86BrNO2. The van der Waals surface area contributed by atoms with E-state index in [4.69, 9.17) is 0 Å². The topological polar surface area (TPSA) is 40.5 Å². The van der Waals surface area contributed by atoms with Gasteiger partial charge < -0.3 is 5.11 Å². The van der Waals surface area contributed by atoms with E-state index < -0.39 is 82.2 Å². The van der Waals surface area contributed by atoms with Crippen LogP contribution in [0.5, 0.6) is 0 Å². The number of piperidine rings is 1. The van der Waals surface area contributed by atoms with Gasteiger partial charge in [-0.3, -0.25) is 4.90 Å². The summed E-state index contributed by atoms with van der Waals surface area (Å²) in [5.41, 5.74) is -7.39. The molecule has 0 spiro atoms. The predicted molar refractivity (Wildman–Crippen MR) is 231 cm³/mol. The van der Waals surface area contributed by atoms with E-state index in [2.05, 4.69) is 232 Å². The maximum Gasteiger partial charge on any atom is 0.408 e. The summed E-state index contributed by atoms with van der Waals surface area (Å²) in [5, 5.41) is 12.8. The number of halogens is 1. The fourth-order valence-corrected chi connectivity index (χ4v) is 17.3. The number of rotatable bonds is 1. The Kier molecular flexibility index (Phi) is 11.1. The van der Waals surface area contributed by atoms with Crippen LogP contribution in [0, 0.1) is 59.6 Å². The van der Waals surface area contributed by atoms with Crippen molar-refractivity contribution in [3.05, 3.63) is 34.3 Å². The zero-order valence-corrected chi connectivity index (χ0v) is 41.1. The molecule has 52 heavy (non-hydrogen) atoms. The maximum atomic E-state index is 15.6. The summed E-state index contributed by atoms with van der Waals surface area (Å²) in [5.74, 6) is 0. The van der Waals surface area contributed by atoms with Crippen molar-refractivity contribution < 1.29 is 9.90 Å². The second-order valence-electron chi connectivity index (χ2n) is 26.0. The van der Waals surface area contributed by atoms with Crippen LogP contribution in [0.2, 0.25) is 0 Å². The summed E-state index contributed by atoms with van der Waals surface area (Å²) in [6.45, 7) is 65.4. The largest absolute Gasteiger partial charge is 0.465 e. The highest BCUT2D eigenvalue weighted by atomic mass is 79.9. The second kappa shape index (κ2) is 12.2. The van der Waals surface area contributed by atoms with Crippen LogP contribution in [-0.4, -0.2) is 27.2 Å². The van der Waals surface area contributed by atoms with Crippen molar-refractivity contribution in [2.24, 2.45) is 59.6 Å². The maximum absolute atomic E-state index is 15.6. The molecule has 1 N–H and O–H groups in total. The molecule has 1 heterocycles. The number of hydrogen-bond donors (Lipinski definition) is 1. The predicted octanol–water partition coefficient (Wildman–Crippen LogP) is 15.5. The zero-order valence-electron chi connectivity index (χ0n) is 39.5. The first-order valence-corrected chi connectivity index (χ1v) is 20.9. The summed E-state index contributed by atoms with van der Waals surface area (Å²) in [7, 11) is 0. The van der Waals surface area contributed by atoms with E-state index in [0.717, 1.165) is 4.47 Å². The molecule has 1 aromatic rings. The minimum absolute atomic E-state index is 0.428. The van der Waals surface area contributed by atoms with E-state index in [1.54, 1.807) is 0 Å². The van der Waals surface area contributed by atoms with E-state index in [9.17, 15) is 5.11 Å². The van der Waals surface area contributed by atoms with Crippen molar-refractivity contribution in [2.45, 2.75) is 203 Å². The van der Waals surface area contributed by atoms with Gasteiger partial charge in [0.25, 0.3) is 0 Å². The molecule has 1 aromatic carbocycles. The molecule has 1 aliphatic heterocycles. The number of hydrogen-bond acceptors (Lipinski definition) is 1. The van der Waals surface area contributed by atoms with Crippen molar-refractivity contribution in [1.29, 1.82) is 0 Å². The Morgan fingerprint density at radius 3 is 0.923 bits per heavy atom. The zero-order chi connectivity index (χ0) is 42.1. The molecule has 1 fully saturated rings. The lowest BCUT2D eigenvalue weighted by atomic mass is 9.13. The Balaban J connectivity index is 4.52. The molecule has 0 unspecified atom stereocenters. The Bertz CT molecular complexity index is 1350. The first-order chi connectivity index (χ1) is 22.3. The SMILES string of the molecule is CC(C)(C)C1(c2cccc(Br)c2)C(C(C)(C)C)(C(C)(C)C)C(C(C)(C)C)(C(C)(C)C)N(C(=O)O)C(C(C)(C)C)(C(C)(C)C)C1(C(C)(C)C)C(C)(C)C. The fourth-order valence-electron chi connectivity index (χ4n) is 16.9. The standard InChI is InChI=1S/C48H86BrNO2/c1-35(2,3)44(32-29-28-30-33(49)31-32)45(36(4,5)6,37(7,8)9)47(40(16,17)18,41(19,20)21)50(34(51)52)48(42(22,23)24,43(25,26)27)46(44,38(10,11)12)39(13,14)15/h28-31H,1-27H3,(H,51,52). The van der Waals surface area contributed by atoms with Gasteiger partial charge in [0, 0.05) is 20.7 Å². The highest BCUT2D eigenvalue weighted by Gasteiger charge is 2.96. The van der Waals surface area contributed by atoms with Crippen molar-refractivity contribution in [3.8, 4) is 0 Å². The monoisotopic (exact) mass is 788 g/mol. The van der Waals surface area contributed by atoms with Crippen molar-refractivity contribution in [2.75, 3.05) is 0 Å². The third-order valence-corrected chi connectivity index (χ3v) is 14.8. The number of benzene rings is 1. The normalized spacial score (nSPS) is 21.6. The minimum atomic E-state index is -0.981. The highest BCUT2D eigenvalue weighted by molar-refractivity contribution is 9.10. The molecule has 0 bridgehead atoms. The minimum Gasteiger partial charge on any atom is -0.465 e. The molecule has 0 atom stereocenters. The van der Waals surface area contributed by atoms with Gasteiger partial charge in [-0.15, -0.1) is 0 Å². The molecule has 2 rings (SSSR count). The van der Waals surface area contributed by atoms with E-state index in [1.165, 1.54) is 5.56 Å². The molecule has 1 amide bonds. The fraction of sp³-hybridized carbons (Fsp3) is 0.854. The average Bonchev–Trinajstić information content (AvgIpc) is 2.79. The number of carbonyl (C=O) groups is 1. The molecule has 1 saturated heterocycles. The van der Waals surface area contributed by atoms with Gasteiger partial charge in [0.2, 0.25) is 0 Å². The first kappa shape index (κ1) is 47.1. The lowest BCUT2D eigenvalue weighted by molar-refractivity contribution is -0.442. The summed E-state index contributed by atoms with van der Waals surface area (Å²) >= 11 is 4.04. The van der Waals surface area contributed by atoms with Gasteiger partial charge in [-0.05, 0) is 66.4 Å². The quantitative estimate of drug-likeness (QED) is 0.308. The summed E-state index contributed by atoms with van der Waals surface area (Å²) < 4.78 is 1.05. The third-order valence-electron chi connectivity index (χ3n) is 14.3. The number of amides is 1. The van der Waals surface area contributed by atoms with Crippen LogP contribution < -0.4 is 0 Å². The van der Waals surface area contributed by atoms with Gasteiger partial charge in [0.1, 0.15) is 0 Å². The van der Waals surface area contributed by atoms with Crippen LogP contribution in [-0.2, 0) is 5.41 Å². The Morgan fingerprint density at radius 1 is 0.481 bits per heavy atom. The lowest BCUT2D eigenvalue weighted by Gasteiger charge is -2.95. The van der Waals surface area contributed by atoms with Crippen LogP contribution >= 0.6 is 15.9 Å². The lowest BCUT2D eigenvalue weighted by Crippen LogP contribution is -3.01. The average molecular weight is 789 g/mol. The molecule has 0 radical (unpaired) electrons. The highest BCUT2D eigenvalue weighted by Crippen LogP contribution is 2.92. The van der Waals surface area contributed by atoms with Gasteiger partial charge in [0.05, 0.1) is 11.1 Å². The van der Waals surface area contributed by atoms with Crippen LogP contribution in [0.3, 0.4) is 0 Å². The van der Waals surface area contributed by atoms with Gasteiger partial charge >= 0.3 is 6.09 Å². The van der Waals surface area contributed by atoms with E-state index in [-0.39, 0.29) is 0 Å². The molecule has 0 aliphatic carbocycles. The smallest absolute Gasteiger partial charge is 0.408 e. The van der Waals surface area contributed by atoms with Crippen LogP contribution in [0.4, 0.5) is 4.79 Å². The summed E-state index contributed by atoms with van der Waals surface area (Å²) in [6, 6.07) is 9.27. The van der Waals surface area contributed by atoms with Gasteiger partial charge in [-0.1, -0.05) is 215 Å². The van der Waals surface area contributed by atoms with Gasteiger partial charge in [-0.25, -0.2) is 4.79 Å². The van der Waals surface area contributed by atoms with E-state index in [0.29, 0.717) is 0 Å². The third kappa shape index (κ3) is 5.15. The first-order valence-electron chi connectivity index (χ1n) is 20.1. The Hall–Kier alpha value is -1.03. The van der Waals surface area contributed by atoms with Gasteiger partial charge in [0.15, 0.2) is 0 Å². The van der Waals surface area contributed by atoms with Gasteiger partial charge in [-0.2, -0.15) is 0 Å². The van der Waals surface area contributed by atoms with Crippen LogP contribution in [0.1, 0.15) is 193 Å². The Morgan fingerprint density at radius 2 is 0.750 bits per heavy atom. The summed E-state index contributed by atoms with van der Waals surface area (Å²) in [4.78, 5) is 17.9. The number of nitrogens with zero attached hydrogens (tertiary/aromatic N) is 1. The molecule has 0 saturated carbocycles. The number of likely N-dealkylation sites (tertiary alicyclic amines) is 1. The molecule has 4 heteroatoms. The van der Waals surface area contributed by atoms with Crippen molar-refractivity contribution in [1.82, 2.24) is 4.90 Å². The molecule has 3 nitrogen and oxygen atoms in total. The van der Waals surface area contributed by atoms with Crippen molar-refractivity contribution >= 4 is 22.0 Å². The summed E-state index contributed by atoms with van der Waals surface area (Å²) in [6.07, 6.45) is -0.817. The van der Waals surface area contributed by atoms with Crippen LogP contribution in [0.15, 0.2) is 28.7 Å². The molecule has 302 valence electrons.